The quantitative estimate of drug-likeness (QED) is 0.851. The van der Waals surface area contributed by atoms with E-state index in [1.54, 1.807) is 36.5 Å². The Morgan fingerprint density at radius 3 is 2.58 bits per heavy atom. The second-order valence-electron chi connectivity index (χ2n) is 4.36. The van der Waals surface area contributed by atoms with Crippen LogP contribution in [0, 0.1) is 5.82 Å². The molecule has 1 aliphatic heterocycles. The Morgan fingerprint density at radius 1 is 1.26 bits per heavy atom. The highest BCUT2D eigenvalue weighted by molar-refractivity contribution is 5.88. The van der Waals surface area contributed by atoms with Gasteiger partial charge in [0.1, 0.15) is 11.9 Å². The highest BCUT2D eigenvalue weighted by atomic mass is 19.1. The van der Waals surface area contributed by atoms with E-state index in [9.17, 15) is 9.18 Å². The number of ether oxygens (including phenoxy) is 1. The van der Waals surface area contributed by atoms with Gasteiger partial charge >= 0.3 is 0 Å². The average molecular weight is 258 g/mol. The Balaban J connectivity index is 1.99. The van der Waals surface area contributed by atoms with Gasteiger partial charge < -0.3 is 10.5 Å². The minimum absolute atomic E-state index is 0.341. The molecule has 96 valence electrons. The predicted octanol–water partition coefficient (Wildman–Crippen LogP) is 1.67. The van der Waals surface area contributed by atoms with E-state index in [4.69, 9.17) is 10.5 Å². The number of carbonyl (C=O) groups is 1. The molecule has 1 saturated heterocycles. The molecular weight excluding hydrogens is 247 g/mol. The summed E-state index contributed by atoms with van der Waals surface area (Å²) in [6.45, 7) is 0. The lowest BCUT2D eigenvalue weighted by Crippen LogP contribution is -2.31. The zero-order valence-corrected chi connectivity index (χ0v) is 9.92. The fourth-order valence-corrected chi connectivity index (χ4v) is 2.18. The number of amides is 1. The van der Waals surface area contributed by atoms with Crippen LogP contribution in [0.5, 0.6) is 0 Å². The smallest absolute Gasteiger partial charge is 0.259 e. The van der Waals surface area contributed by atoms with E-state index in [0.717, 1.165) is 0 Å². The van der Waals surface area contributed by atoms with Gasteiger partial charge in [-0.3, -0.25) is 9.78 Å². The molecule has 1 aromatic heterocycles. The number of hydrogen-bond donors (Lipinski definition) is 1. The van der Waals surface area contributed by atoms with Crippen LogP contribution in [-0.2, 0) is 15.1 Å². The molecule has 0 aliphatic carbocycles. The second kappa shape index (κ2) is 4.13. The minimum Gasteiger partial charge on any atom is -0.367 e. The number of hydrogen-bond acceptors (Lipinski definition) is 3. The number of pyridine rings is 1. The van der Waals surface area contributed by atoms with Gasteiger partial charge in [0, 0.05) is 6.20 Å². The average Bonchev–Trinajstić information content (AvgIpc) is 3.17. The van der Waals surface area contributed by atoms with E-state index in [1.807, 2.05) is 0 Å². The second-order valence-corrected chi connectivity index (χ2v) is 4.36. The van der Waals surface area contributed by atoms with Gasteiger partial charge in [0.05, 0.1) is 5.69 Å². The maximum absolute atomic E-state index is 12.9. The lowest BCUT2D eigenvalue weighted by Gasteiger charge is -2.07. The number of nitrogens with zero attached hydrogens (tertiary/aromatic N) is 1. The first-order chi connectivity index (χ1) is 9.14. The van der Waals surface area contributed by atoms with E-state index in [-0.39, 0.29) is 5.82 Å². The van der Waals surface area contributed by atoms with Crippen molar-refractivity contribution in [3.05, 3.63) is 65.7 Å². The summed E-state index contributed by atoms with van der Waals surface area (Å²) in [6.07, 6.45) is 1.06. The maximum Gasteiger partial charge on any atom is 0.259 e. The molecule has 1 aliphatic rings. The number of benzene rings is 1. The van der Waals surface area contributed by atoms with Gasteiger partial charge in [0.2, 0.25) is 5.60 Å². The normalized spacial score (nSPS) is 25.0. The van der Waals surface area contributed by atoms with Crippen molar-refractivity contribution in [2.45, 2.75) is 11.7 Å². The summed E-state index contributed by atoms with van der Waals surface area (Å²) in [5.74, 6) is -0.938. The molecule has 0 radical (unpaired) electrons. The Bertz CT molecular complexity index is 615. The van der Waals surface area contributed by atoms with Crippen LogP contribution in [0.3, 0.4) is 0 Å². The molecule has 19 heavy (non-hydrogen) atoms. The molecule has 2 unspecified atom stereocenters. The molecule has 1 fully saturated rings. The number of rotatable bonds is 3. The van der Waals surface area contributed by atoms with E-state index in [0.29, 0.717) is 11.3 Å². The zero-order chi connectivity index (χ0) is 13.5. The third kappa shape index (κ3) is 1.79. The summed E-state index contributed by atoms with van der Waals surface area (Å²) >= 11 is 0. The van der Waals surface area contributed by atoms with Crippen LogP contribution in [0.4, 0.5) is 4.39 Å². The van der Waals surface area contributed by atoms with Crippen molar-refractivity contribution in [2.75, 3.05) is 0 Å². The van der Waals surface area contributed by atoms with Gasteiger partial charge in [-0.2, -0.15) is 0 Å². The van der Waals surface area contributed by atoms with Crippen LogP contribution in [0.25, 0.3) is 0 Å². The van der Waals surface area contributed by atoms with Gasteiger partial charge in [-0.1, -0.05) is 18.2 Å². The van der Waals surface area contributed by atoms with Crippen LogP contribution < -0.4 is 5.73 Å². The Labute approximate surface area is 109 Å². The SMILES string of the molecule is NC(=O)C1(c2ccccn2)OC1c1ccc(F)cc1. The van der Waals surface area contributed by atoms with Gasteiger partial charge in [-0.25, -0.2) is 4.39 Å². The van der Waals surface area contributed by atoms with Gasteiger partial charge in [-0.05, 0) is 29.8 Å². The summed E-state index contributed by atoms with van der Waals surface area (Å²) in [5.41, 5.74) is 5.38. The van der Waals surface area contributed by atoms with Gasteiger partial charge in [-0.15, -0.1) is 0 Å². The molecule has 0 spiro atoms. The van der Waals surface area contributed by atoms with Crippen molar-refractivity contribution in [1.29, 1.82) is 0 Å². The molecule has 2 aromatic rings. The van der Waals surface area contributed by atoms with Crippen molar-refractivity contribution in [3.8, 4) is 0 Å². The third-order valence-electron chi connectivity index (χ3n) is 3.20. The lowest BCUT2D eigenvalue weighted by molar-refractivity contribution is -0.123. The predicted molar refractivity (Wildman–Crippen MR) is 65.3 cm³/mol. The fourth-order valence-electron chi connectivity index (χ4n) is 2.18. The molecule has 2 heterocycles. The van der Waals surface area contributed by atoms with Crippen LogP contribution in [0.15, 0.2) is 48.7 Å². The molecule has 1 amide bonds. The minimum atomic E-state index is -1.24. The van der Waals surface area contributed by atoms with Crippen molar-refractivity contribution in [2.24, 2.45) is 5.73 Å². The molecule has 4 nitrogen and oxygen atoms in total. The van der Waals surface area contributed by atoms with E-state index in [1.165, 1.54) is 12.1 Å². The van der Waals surface area contributed by atoms with Gasteiger partial charge in [0.25, 0.3) is 5.91 Å². The first-order valence-corrected chi connectivity index (χ1v) is 5.79. The fraction of sp³-hybridized carbons (Fsp3) is 0.143. The van der Waals surface area contributed by atoms with Crippen molar-refractivity contribution in [1.82, 2.24) is 4.98 Å². The highest BCUT2D eigenvalue weighted by Crippen LogP contribution is 2.56. The lowest BCUT2D eigenvalue weighted by atomic mass is 9.95. The standard InChI is InChI=1S/C14H11FN2O2/c15-10-6-4-9(5-7-10)12-14(19-12,13(16)18)11-3-1-2-8-17-11/h1-8,12H,(H2,16,18). The summed E-state index contributed by atoms with van der Waals surface area (Å²) < 4.78 is 18.4. The van der Waals surface area contributed by atoms with E-state index in [2.05, 4.69) is 4.98 Å². The maximum atomic E-state index is 12.9. The molecule has 1 aromatic carbocycles. The van der Waals surface area contributed by atoms with Crippen molar-refractivity contribution in [3.63, 3.8) is 0 Å². The van der Waals surface area contributed by atoms with Crippen molar-refractivity contribution >= 4 is 5.91 Å². The molecule has 0 saturated carbocycles. The third-order valence-corrected chi connectivity index (χ3v) is 3.20. The number of epoxide rings is 1. The topological polar surface area (TPSA) is 68.5 Å². The van der Waals surface area contributed by atoms with Crippen LogP contribution in [0.2, 0.25) is 0 Å². The number of carbonyl (C=O) groups excluding carboxylic acids is 1. The number of halogens is 1. The zero-order valence-electron chi connectivity index (χ0n) is 9.92. The van der Waals surface area contributed by atoms with Crippen molar-refractivity contribution < 1.29 is 13.9 Å². The van der Waals surface area contributed by atoms with Gasteiger partial charge in [0.15, 0.2) is 0 Å². The largest absolute Gasteiger partial charge is 0.367 e. The number of aromatic nitrogens is 1. The molecule has 5 heteroatoms. The summed E-state index contributed by atoms with van der Waals surface area (Å²) in [6, 6.07) is 11.0. The summed E-state index contributed by atoms with van der Waals surface area (Å²) in [5, 5.41) is 0. The molecule has 2 N–H and O–H groups in total. The number of nitrogens with two attached hydrogens (primary N) is 1. The first kappa shape index (κ1) is 11.8. The molecule has 0 bridgehead atoms. The van der Waals surface area contributed by atoms with E-state index >= 15 is 0 Å². The Hall–Kier alpha value is -2.27. The molecular formula is C14H11FN2O2. The van der Waals surface area contributed by atoms with E-state index < -0.39 is 17.6 Å². The highest BCUT2D eigenvalue weighted by Gasteiger charge is 2.64. The van der Waals surface area contributed by atoms with Crippen LogP contribution >= 0.6 is 0 Å². The first-order valence-electron chi connectivity index (χ1n) is 5.79. The van der Waals surface area contributed by atoms with Crippen LogP contribution in [-0.4, -0.2) is 10.9 Å². The summed E-state index contributed by atoms with van der Waals surface area (Å²) in [4.78, 5) is 15.8. The Morgan fingerprint density at radius 2 is 2.00 bits per heavy atom. The van der Waals surface area contributed by atoms with Crippen LogP contribution in [0.1, 0.15) is 17.4 Å². The number of primary amides is 1. The molecule has 2 atom stereocenters. The molecule has 3 rings (SSSR count). The summed E-state index contributed by atoms with van der Waals surface area (Å²) in [7, 11) is 0. The monoisotopic (exact) mass is 258 g/mol. The Kier molecular flexibility index (Phi) is 2.57.